The molecule has 0 radical (unpaired) electrons. The molecule has 1 saturated carbocycles. The lowest BCUT2D eigenvalue weighted by Crippen LogP contribution is -2.38. The van der Waals surface area contributed by atoms with Crippen LogP contribution in [0.3, 0.4) is 0 Å². The number of carbonyl (C=O) groups excluding carboxylic acids is 1. The first-order valence-electron chi connectivity index (χ1n) is 7.03. The number of rotatable bonds is 7. The lowest BCUT2D eigenvalue weighted by atomic mass is 10.1. The van der Waals surface area contributed by atoms with E-state index in [1.807, 2.05) is 0 Å². The van der Waals surface area contributed by atoms with Crippen molar-refractivity contribution in [2.45, 2.75) is 39.0 Å². The van der Waals surface area contributed by atoms with Gasteiger partial charge in [0.15, 0.2) is 0 Å². The van der Waals surface area contributed by atoms with Gasteiger partial charge in [-0.05, 0) is 37.1 Å². The maximum Gasteiger partial charge on any atom is 0.234 e. The van der Waals surface area contributed by atoms with Gasteiger partial charge < -0.3 is 10.4 Å². The fourth-order valence-electron chi connectivity index (χ4n) is 2.24. The molecule has 1 amide bonds. The number of aliphatic hydroxyl groups excluding tert-OH is 1. The zero-order valence-corrected chi connectivity index (χ0v) is 11.7. The molecule has 0 aromatic heterocycles. The van der Waals surface area contributed by atoms with Gasteiger partial charge in [0.1, 0.15) is 5.82 Å². The minimum absolute atomic E-state index is 0.0198. The van der Waals surface area contributed by atoms with E-state index in [2.05, 4.69) is 17.1 Å². The van der Waals surface area contributed by atoms with Crippen molar-refractivity contribution in [2.24, 2.45) is 0 Å². The van der Waals surface area contributed by atoms with E-state index >= 15 is 0 Å². The summed E-state index contributed by atoms with van der Waals surface area (Å²) in [4.78, 5) is 14.0. The molecule has 2 rings (SSSR count). The van der Waals surface area contributed by atoms with Crippen LogP contribution in [0.4, 0.5) is 4.39 Å². The lowest BCUT2D eigenvalue weighted by molar-refractivity contribution is -0.122. The number of hydrogen-bond acceptors (Lipinski definition) is 3. The fraction of sp³-hybridized carbons (Fsp3) is 0.533. The molecular weight excluding hydrogens is 259 g/mol. The highest BCUT2D eigenvalue weighted by Crippen LogP contribution is 2.25. The third kappa shape index (κ3) is 4.02. The molecule has 1 aromatic rings. The predicted octanol–water partition coefficient (Wildman–Crippen LogP) is 1.42. The normalized spacial score (nSPS) is 14.6. The van der Waals surface area contributed by atoms with Crippen LogP contribution in [0.1, 0.15) is 30.9 Å². The van der Waals surface area contributed by atoms with E-state index in [-0.39, 0.29) is 18.1 Å². The quantitative estimate of drug-likeness (QED) is 0.794. The number of benzene rings is 1. The second-order valence-corrected chi connectivity index (χ2v) is 5.15. The van der Waals surface area contributed by atoms with Gasteiger partial charge in [-0.25, -0.2) is 4.39 Å². The minimum Gasteiger partial charge on any atom is -0.392 e. The van der Waals surface area contributed by atoms with Crippen LogP contribution < -0.4 is 5.32 Å². The molecule has 0 saturated heterocycles. The largest absolute Gasteiger partial charge is 0.392 e. The summed E-state index contributed by atoms with van der Waals surface area (Å²) in [6.45, 7) is 3.37. The minimum atomic E-state index is -0.423. The Morgan fingerprint density at radius 1 is 1.50 bits per heavy atom. The van der Waals surface area contributed by atoms with Gasteiger partial charge in [-0.3, -0.25) is 9.69 Å². The van der Waals surface area contributed by atoms with Crippen LogP contribution in [0, 0.1) is 5.82 Å². The van der Waals surface area contributed by atoms with Gasteiger partial charge in [0.2, 0.25) is 5.91 Å². The molecular formula is C15H21FN2O2. The van der Waals surface area contributed by atoms with E-state index in [1.165, 1.54) is 18.9 Å². The van der Waals surface area contributed by atoms with Crippen molar-refractivity contribution in [2.75, 3.05) is 13.1 Å². The topological polar surface area (TPSA) is 52.6 Å². The summed E-state index contributed by atoms with van der Waals surface area (Å²) in [6, 6.07) is 5.08. The second kappa shape index (κ2) is 6.81. The predicted molar refractivity (Wildman–Crippen MR) is 74.4 cm³/mol. The van der Waals surface area contributed by atoms with Crippen LogP contribution in [0.5, 0.6) is 0 Å². The monoisotopic (exact) mass is 280 g/mol. The van der Waals surface area contributed by atoms with Gasteiger partial charge in [0, 0.05) is 18.2 Å². The maximum absolute atomic E-state index is 13.2. The summed E-state index contributed by atoms with van der Waals surface area (Å²) in [6.07, 6.45) is 2.36. The molecule has 1 fully saturated rings. The van der Waals surface area contributed by atoms with Crippen molar-refractivity contribution < 1.29 is 14.3 Å². The smallest absolute Gasteiger partial charge is 0.234 e. The molecule has 5 heteroatoms. The molecule has 110 valence electrons. The maximum atomic E-state index is 13.2. The number of nitrogens with zero attached hydrogens (tertiary/aromatic N) is 1. The highest BCUT2D eigenvalue weighted by Gasteiger charge is 2.28. The molecule has 0 spiro atoms. The van der Waals surface area contributed by atoms with Crippen molar-refractivity contribution in [1.29, 1.82) is 0 Å². The first kappa shape index (κ1) is 14.9. The van der Waals surface area contributed by atoms with Crippen LogP contribution in [-0.2, 0) is 17.9 Å². The summed E-state index contributed by atoms with van der Waals surface area (Å²) in [5.74, 6) is -0.443. The zero-order chi connectivity index (χ0) is 14.5. The Morgan fingerprint density at radius 3 is 2.85 bits per heavy atom. The molecule has 1 aromatic carbocycles. The van der Waals surface area contributed by atoms with Crippen molar-refractivity contribution in [1.82, 2.24) is 10.2 Å². The summed E-state index contributed by atoms with van der Waals surface area (Å²) in [5.41, 5.74) is 1.04. The molecule has 0 heterocycles. The second-order valence-electron chi connectivity index (χ2n) is 5.15. The average Bonchev–Trinajstić information content (AvgIpc) is 3.28. The number of aliphatic hydroxyl groups is 1. The number of carbonyl (C=O) groups is 1. The van der Waals surface area contributed by atoms with E-state index < -0.39 is 5.82 Å². The molecule has 1 aliphatic rings. The van der Waals surface area contributed by atoms with E-state index in [0.717, 1.165) is 12.1 Å². The van der Waals surface area contributed by atoms with Gasteiger partial charge in [-0.2, -0.15) is 0 Å². The Morgan fingerprint density at radius 2 is 2.25 bits per heavy atom. The number of halogens is 1. The Balaban J connectivity index is 1.83. The molecule has 1 aliphatic carbocycles. The van der Waals surface area contributed by atoms with Crippen LogP contribution in [0.2, 0.25) is 0 Å². The molecule has 0 atom stereocenters. The molecule has 4 nitrogen and oxygen atoms in total. The van der Waals surface area contributed by atoms with Crippen LogP contribution >= 0.6 is 0 Å². The Labute approximate surface area is 118 Å². The molecule has 0 bridgehead atoms. The highest BCUT2D eigenvalue weighted by atomic mass is 19.1. The van der Waals surface area contributed by atoms with E-state index in [9.17, 15) is 9.18 Å². The highest BCUT2D eigenvalue weighted by molar-refractivity contribution is 5.78. The van der Waals surface area contributed by atoms with E-state index in [0.29, 0.717) is 19.1 Å². The SMILES string of the molecule is CCN(CC(=O)NCc1ccc(F)c(CO)c1)C1CC1. The summed E-state index contributed by atoms with van der Waals surface area (Å²) in [7, 11) is 0. The van der Waals surface area contributed by atoms with Gasteiger partial charge in [0.25, 0.3) is 0 Å². The lowest BCUT2D eigenvalue weighted by Gasteiger charge is -2.19. The first-order valence-corrected chi connectivity index (χ1v) is 7.03. The third-order valence-electron chi connectivity index (χ3n) is 3.59. The number of amides is 1. The van der Waals surface area contributed by atoms with Crippen molar-refractivity contribution >= 4 is 5.91 Å². The number of nitrogens with one attached hydrogen (secondary N) is 1. The standard InChI is InChI=1S/C15H21FN2O2/c1-2-18(13-4-5-13)9-15(20)17-8-11-3-6-14(16)12(7-11)10-19/h3,6-7,13,19H,2,4-5,8-10H2,1H3,(H,17,20). The molecule has 2 N–H and O–H groups in total. The Bertz CT molecular complexity index is 475. The molecule has 0 unspecified atom stereocenters. The van der Waals surface area contributed by atoms with Gasteiger partial charge >= 0.3 is 0 Å². The van der Waals surface area contributed by atoms with Crippen LogP contribution in [0.15, 0.2) is 18.2 Å². The number of likely N-dealkylation sites (N-methyl/N-ethyl adjacent to an activating group) is 1. The van der Waals surface area contributed by atoms with Crippen LogP contribution in [0.25, 0.3) is 0 Å². The first-order chi connectivity index (χ1) is 9.63. The van der Waals surface area contributed by atoms with Gasteiger partial charge in [-0.15, -0.1) is 0 Å². The van der Waals surface area contributed by atoms with Gasteiger partial charge in [-0.1, -0.05) is 13.0 Å². The van der Waals surface area contributed by atoms with Gasteiger partial charge in [0.05, 0.1) is 13.2 Å². The van der Waals surface area contributed by atoms with E-state index in [1.54, 1.807) is 12.1 Å². The number of hydrogen-bond donors (Lipinski definition) is 2. The Hall–Kier alpha value is -1.46. The summed E-state index contributed by atoms with van der Waals surface area (Å²) >= 11 is 0. The van der Waals surface area contributed by atoms with Crippen molar-refractivity contribution in [3.05, 3.63) is 35.1 Å². The Kier molecular flexibility index (Phi) is 5.09. The third-order valence-corrected chi connectivity index (χ3v) is 3.59. The summed E-state index contributed by atoms with van der Waals surface area (Å²) < 4.78 is 13.2. The fourth-order valence-corrected chi connectivity index (χ4v) is 2.24. The van der Waals surface area contributed by atoms with Crippen molar-refractivity contribution in [3.63, 3.8) is 0 Å². The van der Waals surface area contributed by atoms with Crippen molar-refractivity contribution in [3.8, 4) is 0 Å². The average molecular weight is 280 g/mol. The van der Waals surface area contributed by atoms with Crippen LogP contribution in [-0.4, -0.2) is 35.0 Å². The summed E-state index contributed by atoms with van der Waals surface area (Å²) in [5, 5.41) is 11.8. The zero-order valence-electron chi connectivity index (χ0n) is 11.7. The molecule has 0 aliphatic heterocycles. The molecule has 20 heavy (non-hydrogen) atoms. The van der Waals surface area contributed by atoms with E-state index in [4.69, 9.17) is 5.11 Å².